The minimum absolute atomic E-state index is 0.285. The van der Waals surface area contributed by atoms with Crippen molar-refractivity contribution in [2.75, 3.05) is 20.3 Å². The Kier molecular flexibility index (Phi) is 9.07. The molecule has 2 N–H and O–H groups in total. The zero-order valence-corrected chi connectivity index (χ0v) is 13.0. The Balaban J connectivity index is 0.00000191. The number of carbonyl (C=O) groups excluding carboxylic acids is 2. The maximum absolute atomic E-state index is 11.8. The second-order valence-corrected chi connectivity index (χ2v) is 4.04. The average molecular weight is 300 g/mol. The molecule has 120 valence electrons. The number of rotatable bonds is 7. The molecule has 0 spiro atoms. The van der Waals surface area contributed by atoms with E-state index in [2.05, 4.69) is 0 Å². The van der Waals surface area contributed by atoms with E-state index in [0.717, 1.165) is 5.56 Å². The molecule has 0 saturated heterocycles. The Hall–Kier alpha value is -1.86. The van der Waals surface area contributed by atoms with Crippen LogP contribution < -0.4 is 10.5 Å². The summed E-state index contributed by atoms with van der Waals surface area (Å²) in [6.07, 6.45) is 1.14. The zero-order valence-electron chi connectivity index (χ0n) is 13.0. The topological polar surface area (TPSA) is 92.8 Å². The zero-order chi connectivity index (χ0) is 16.4. The normalized spacial score (nSPS) is 12.8. The number of aromatic nitrogens is 1. The molecular weight excluding hydrogens is 276 g/mol. The van der Waals surface area contributed by atoms with Gasteiger partial charge in [0.1, 0.15) is 12.8 Å². The fourth-order valence-electron chi connectivity index (χ4n) is 1.88. The lowest BCUT2D eigenvalue weighted by Gasteiger charge is -2.25. The van der Waals surface area contributed by atoms with E-state index < -0.39 is 18.2 Å². The van der Waals surface area contributed by atoms with Crippen molar-refractivity contribution in [2.45, 2.75) is 33.0 Å². The SMILES string of the molecule is C=O.CCOC(=O)C(N)C(OCC)n1ccc(C)c1OC. The molecule has 0 aromatic carbocycles. The van der Waals surface area contributed by atoms with Crippen LogP contribution in [0.25, 0.3) is 0 Å². The maximum atomic E-state index is 11.8. The van der Waals surface area contributed by atoms with Crippen LogP contribution in [0.5, 0.6) is 5.88 Å². The summed E-state index contributed by atoms with van der Waals surface area (Å²) in [7, 11) is 1.57. The summed E-state index contributed by atoms with van der Waals surface area (Å²) in [5.41, 5.74) is 6.87. The molecule has 0 radical (unpaired) electrons. The summed E-state index contributed by atoms with van der Waals surface area (Å²) >= 11 is 0. The van der Waals surface area contributed by atoms with Crippen molar-refractivity contribution in [1.29, 1.82) is 0 Å². The molecule has 1 rings (SSSR count). The van der Waals surface area contributed by atoms with Crippen LogP contribution in [0.4, 0.5) is 0 Å². The van der Waals surface area contributed by atoms with E-state index >= 15 is 0 Å². The lowest BCUT2D eigenvalue weighted by Crippen LogP contribution is -2.42. The number of hydrogen-bond acceptors (Lipinski definition) is 6. The van der Waals surface area contributed by atoms with E-state index in [0.29, 0.717) is 12.5 Å². The number of nitrogens with two attached hydrogens (primary N) is 1. The standard InChI is InChI=1S/C13H22N2O4.CH2O/c1-5-18-12(10(14)13(16)19-6-2)15-8-7-9(3)11(15)17-4;1-2/h7-8,10,12H,5-6,14H2,1-4H3;1H2. The number of hydrogen-bond donors (Lipinski definition) is 1. The third-order valence-electron chi connectivity index (χ3n) is 2.73. The van der Waals surface area contributed by atoms with E-state index in [9.17, 15) is 4.79 Å². The summed E-state index contributed by atoms with van der Waals surface area (Å²) in [6, 6.07) is 0.975. The van der Waals surface area contributed by atoms with Crippen molar-refractivity contribution < 1.29 is 23.8 Å². The number of methoxy groups -OCH3 is 1. The first-order chi connectivity index (χ1) is 10.1. The minimum Gasteiger partial charge on any atom is -0.482 e. The molecule has 0 aliphatic carbocycles. The molecular formula is C14H24N2O5. The van der Waals surface area contributed by atoms with E-state index in [1.807, 2.05) is 26.7 Å². The molecule has 0 aliphatic rings. The molecule has 0 amide bonds. The first-order valence-electron chi connectivity index (χ1n) is 6.60. The van der Waals surface area contributed by atoms with E-state index in [-0.39, 0.29) is 6.61 Å². The third-order valence-corrected chi connectivity index (χ3v) is 2.73. The highest BCUT2D eigenvalue weighted by molar-refractivity contribution is 5.76. The van der Waals surface area contributed by atoms with Crippen LogP contribution in [-0.4, -0.2) is 43.7 Å². The Morgan fingerprint density at radius 2 is 2.00 bits per heavy atom. The molecule has 2 atom stereocenters. The lowest BCUT2D eigenvalue weighted by molar-refractivity contribution is -0.151. The molecule has 7 nitrogen and oxygen atoms in total. The predicted octanol–water partition coefficient (Wildman–Crippen LogP) is 1.05. The van der Waals surface area contributed by atoms with Crippen molar-refractivity contribution in [3.8, 4) is 5.88 Å². The van der Waals surface area contributed by atoms with E-state index in [1.165, 1.54) is 0 Å². The molecule has 1 heterocycles. The third kappa shape index (κ3) is 4.87. The number of ether oxygens (including phenoxy) is 3. The van der Waals surface area contributed by atoms with Gasteiger partial charge in [0.05, 0.1) is 13.7 Å². The Morgan fingerprint density at radius 3 is 2.48 bits per heavy atom. The van der Waals surface area contributed by atoms with Crippen LogP contribution in [-0.2, 0) is 19.1 Å². The lowest BCUT2D eigenvalue weighted by atomic mass is 10.2. The molecule has 0 fully saturated rings. The highest BCUT2D eigenvalue weighted by Gasteiger charge is 2.29. The van der Waals surface area contributed by atoms with E-state index in [4.69, 9.17) is 24.7 Å². The van der Waals surface area contributed by atoms with Gasteiger partial charge in [-0.2, -0.15) is 0 Å². The van der Waals surface area contributed by atoms with Crippen LogP contribution in [0.15, 0.2) is 12.3 Å². The Labute approximate surface area is 125 Å². The first-order valence-corrected chi connectivity index (χ1v) is 6.60. The fraction of sp³-hybridized carbons (Fsp3) is 0.571. The molecule has 2 unspecified atom stereocenters. The van der Waals surface area contributed by atoms with Gasteiger partial charge in [0.15, 0.2) is 12.1 Å². The van der Waals surface area contributed by atoms with Gasteiger partial charge in [-0.3, -0.25) is 9.36 Å². The largest absolute Gasteiger partial charge is 0.482 e. The van der Waals surface area contributed by atoms with Crippen LogP contribution in [0.1, 0.15) is 25.6 Å². The van der Waals surface area contributed by atoms with Crippen molar-refractivity contribution >= 4 is 12.8 Å². The van der Waals surface area contributed by atoms with Gasteiger partial charge in [-0.25, -0.2) is 0 Å². The molecule has 0 aliphatic heterocycles. The van der Waals surface area contributed by atoms with Crippen LogP contribution >= 0.6 is 0 Å². The first kappa shape index (κ1) is 19.1. The second kappa shape index (κ2) is 9.95. The smallest absolute Gasteiger partial charge is 0.327 e. The summed E-state index contributed by atoms with van der Waals surface area (Å²) in [4.78, 5) is 19.8. The summed E-state index contributed by atoms with van der Waals surface area (Å²) in [5, 5.41) is 0. The predicted molar refractivity (Wildman–Crippen MR) is 78.1 cm³/mol. The summed E-state index contributed by atoms with van der Waals surface area (Å²) in [6.45, 7) is 8.20. The number of carbonyl (C=O) groups is 2. The van der Waals surface area contributed by atoms with Crippen LogP contribution in [0.2, 0.25) is 0 Å². The molecule has 1 aromatic rings. The molecule has 7 heteroatoms. The fourth-order valence-corrected chi connectivity index (χ4v) is 1.88. The minimum atomic E-state index is -0.902. The maximum Gasteiger partial charge on any atom is 0.327 e. The van der Waals surface area contributed by atoms with Gasteiger partial charge < -0.3 is 24.7 Å². The summed E-state index contributed by atoms with van der Waals surface area (Å²) in [5.74, 6) is 0.132. The number of aryl methyl sites for hydroxylation is 1. The van der Waals surface area contributed by atoms with Gasteiger partial charge in [-0.1, -0.05) is 0 Å². The van der Waals surface area contributed by atoms with Gasteiger partial charge in [0.2, 0.25) is 0 Å². The van der Waals surface area contributed by atoms with Crippen molar-refractivity contribution in [3.05, 3.63) is 17.8 Å². The molecule has 1 aromatic heterocycles. The van der Waals surface area contributed by atoms with Crippen molar-refractivity contribution in [3.63, 3.8) is 0 Å². The van der Waals surface area contributed by atoms with Gasteiger partial charge >= 0.3 is 5.97 Å². The van der Waals surface area contributed by atoms with Gasteiger partial charge in [-0.05, 0) is 26.8 Å². The highest BCUT2D eigenvalue weighted by Crippen LogP contribution is 2.26. The van der Waals surface area contributed by atoms with Gasteiger partial charge in [0.25, 0.3) is 0 Å². The number of nitrogens with zero attached hydrogens (tertiary/aromatic N) is 1. The monoisotopic (exact) mass is 300 g/mol. The quantitative estimate of drug-likeness (QED) is 0.756. The van der Waals surface area contributed by atoms with Gasteiger partial charge in [0, 0.05) is 18.4 Å². The second-order valence-electron chi connectivity index (χ2n) is 4.04. The van der Waals surface area contributed by atoms with Crippen molar-refractivity contribution in [1.82, 2.24) is 4.57 Å². The number of esters is 1. The summed E-state index contributed by atoms with van der Waals surface area (Å²) < 4.78 is 17.5. The molecule has 0 saturated carbocycles. The average Bonchev–Trinajstić information content (AvgIpc) is 2.87. The molecule has 21 heavy (non-hydrogen) atoms. The van der Waals surface area contributed by atoms with Crippen LogP contribution in [0, 0.1) is 6.92 Å². The van der Waals surface area contributed by atoms with E-state index in [1.54, 1.807) is 24.8 Å². The van der Waals surface area contributed by atoms with Crippen molar-refractivity contribution in [2.24, 2.45) is 5.73 Å². The molecule has 0 bridgehead atoms. The Bertz CT molecular complexity index is 433. The van der Waals surface area contributed by atoms with Crippen LogP contribution in [0.3, 0.4) is 0 Å². The van der Waals surface area contributed by atoms with Gasteiger partial charge in [-0.15, -0.1) is 0 Å². The highest BCUT2D eigenvalue weighted by atomic mass is 16.5. The Morgan fingerprint density at radius 1 is 1.38 bits per heavy atom.